The smallest absolute Gasteiger partial charge is 0.298 e. The molecule has 0 aromatic carbocycles. The average molecular weight is 100 g/mol. The van der Waals surface area contributed by atoms with Crippen molar-refractivity contribution in [2.75, 3.05) is 0 Å². The first-order valence-electron chi connectivity index (χ1n) is 1.63. The van der Waals surface area contributed by atoms with Crippen molar-refractivity contribution in [1.29, 1.82) is 0 Å². The van der Waals surface area contributed by atoms with E-state index in [0.717, 1.165) is 0 Å². The molecule has 0 aliphatic heterocycles. The van der Waals surface area contributed by atoms with Crippen molar-refractivity contribution in [3.63, 3.8) is 0 Å². The quantitative estimate of drug-likeness (QED) is 0.276. The van der Waals surface area contributed by atoms with Gasteiger partial charge in [-0.05, 0) is 0 Å². The van der Waals surface area contributed by atoms with Crippen molar-refractivity contribution in [2.24, 2.45) is 0 Å². The van der Waals surface area contributed by atoms with E-state index in [9.17, 15) is 9.59 Å². The zero-order chi connectivity index (χ0) is 5.70. The van der Waals surface area contributed by atoms with E-state index in [0.29, 0.717) is 0 Å². The summed E-state index contributed by atoms with van der Waals surface area (Å²) >= 11 is 0. The molecule has 0 radical (unpaired) electrons. The Labute approximate surface area is 40.6 Å². The van der Waals surface area contributed by atoms with Gasteiger partial charge in [-0.15, -0.1) is 0 Å². The lowest BCUT2D eigenvalue weighted by Gasteiger charge is -1.83. The van der Waals surface area contributed by atoms with Crippen molar-refractivity contribution in [3.05, 3.63) is 5.76 Å². The highest BCUT2D eigenvalue weighted by molar-refractivity contribution is 5.53. The maximum atomic E-state index is 9.45. The van der Waals surface area contributed by atoms with Crippen LogP contribution in [0.5, 0.6) is 0 Å². The van der Waals surface area contributed by atoms with Crippen LogP contribution in [0.15, 0.2) is 5.76 Å². The molecule has 0 unspecified atom stereocenters. The molecule has 38 valence electrons. The summed E-state index contributed by atoms with van der Waals surface area (Å²) in [5.41, 5.74) is 0. The van der Waals surface area contributed by atoms with Crippen LogP contribution in [0, 0.1) is 0 Å². The van der Waals surface area contributed by atoms with E-state index < -0.39 is 0 Å². The Bertz CT molecular complexity index is 110. The van der Waals surface area contributed by atoms with Crippen LogP contribution in [0.1, 0.15) is 6.92 Å². The molecule has 0 saturated carbocycles. The third-order valence-corrected chi connectivity index (χ3v) is 0.369. The molecule has 0 aliphatic rings. The molecule has 0 fully saturated rings. The van der Waals surface area contributed by atoms with Crippen molar-refractivity contribution in [2.45, 2.75) is 6.92 Å². The highest BCUT2D eigenvalue weighted by Crippen LogP contribution is 1.80. The molecule has 0 spiro atoms. The maximum Gasteiger partial charge on any atom is 0.298 e. The summed E-state index contributed by atoms with van der Waals surface area (Å²) < 4.78 is 4.00. The van der Waals surface area contributed by atoms with Crippen LogP contribution in [-0.4, -0.2) is 12.4 Å². The third-order valence-electron chi connectivity index (χ3n) is 0.369. The van der Waals surface area contributed by atoms with Gasteiger partial charge >= 0.3 is 0 Å². The fourth-order valence-electron chi connectivity index (χ4n) is 0.0962. The van der Waals surface area contributed by atoms with Crippen LogP contribution in [0.3, 0.4) is 0 Å². The highest BCUT2D eigenvalue weighted by Gasteiger charge is 1.80. The summed E-state index contributed by atoms with van der Waals surface area (Å²) in [7, 11) is 0. The van der Waals surface area contributed by atoms with Crippen LogP contribution >= 0.6 is 0 Å². The van der Waals surface area contributed by atoms with E-state index in [-0.39, 0.29) is 12.2 Å². The minimum Gasteiger partial charge on any atom is -0.422 e. The van der Waals surface area contributed by atoms with Gasteiger partial charge in [-0.25, -0.2) is 4.79 Å². The van der Waals surface area contributed by atoms with Gasteiger partial charge in [-0.1, -0.05) is 0 Å². The molecule has 0 aromatic heterocycles. The molecule has 0 aromatic rings. The predicted molar refractivity (Wildman–Crippen MR) is 22.0 cm³/mol. The van der Waals surface area contributed by atoms with E-state index in [4.69, 9.17) is 0 Å². The topological polar surface area (TPSA) is 43.4 Å². The minimum atomic E-state index is -0.0463. The summed E-state index contributed by atoms with van der Waals surface area (Å²) in [6.45, 7) is 1.53. The van der Waals surface area contributed by atoms with E-state index >= 15 is 0 Å². The van der Waals surface area contributed by atoms with Gasteiger partial charge in [0, 0.05) is 6.92 Å². The van der Waals surface area contributed by atoms with Gasteiger partial charge in [0.2, 0.25) is 0 Å². The Morgan fingerprint density at radius 2 is 2.43 bits per heavy atom. The van der Waals surface area contributed by atoms with Crippen LogP contribution in [0.4, 0.5) is 0 Å². The second-order valence-corrected chi connectivity index (χ2v) is 0.872. The molecule has 0 saturated heterocycles. The predicted octanol–water partition coefficient (Wildman–Crippen LogP) is -0.105. The highest BCUT2D eigenvalue weighted by atomic mass is 16.5. The van der Waals surface area contributed by atoms with Crippen molar-refractivity contribution in [1.82, 2.24) is 0 Å². The largest absolute Gasteiger partial charge is 0.422 e. The molecule has 0 heterocycles. The Balaban J connectivity index is 3.58. The number of rotatable bonds is 2. The molecule has 3 nitrogen and oxygen atoms in total. The fraction of sp³-hybridized carbons (Fsp3) is 0.250. The van der Waals surface area contributed by atoms with Gasteiger partial charge < -0.3 is 4.74 Å². The van der Waals surface area contributed by atoms with E-state index in [1.165, 1.54) is 12.9 Å². The Kier molecular flexibility index (Phi) is 2.64. The molecule has 0 bridgehead atoms. The van der Waals surface area contributed by atoms with Gasteiger partial charge in [0.15, 0.2) is 11.7 Å². The molecule has 0 atom stereocenters. The van der Waals surface area contributed by atoms with Crippen molar-refractivity contribution < 1.29 is 14.3 Å². The lowest BCUT2D eigenvalue weighted by atomic mass is 10.7. The Morgan fingerprint density at radius 3 is 2.57 bits per heavy atom. The van der Waals surface area contributed by atoms with E-state index in [2.05, 4.69) is 4.74 Å². The standard InChI is InChI=1S/C4H4O3/c1-4(2-5)7-3-6/h3H,1H3. The Morgan fingerprint density at radius 1 is 1.86 bits per heavy atom. The Hall–Kier alpha value is -1.08. The maximum absolute atomic E-state index is 9.45. The first-order chi connectivity index (χ1) is 3.31. The van der Waals surface area contributed by atoms with Gasteiger partial charge in [-0.2, -0.15) is 0 Å². The molecule has 0 rings (SSSR count). The summed E-state index contributed by atoms with van der Waals surface area (Å²) in [5, 5.41) is 0. The molecular weight excluding hydrogens is 96.0 g/mol. The summed E-state index contributed by atoms with van der Waals surface area (Å²) in [6.07, 6.45) is 0. The number of carbonyl (C=O) groups excluding carboxylic acids is 2. The average Bonchev–Trinajstić information content (AvgIpc) is 1.68. The molecular formula is C4H4O3. The zero-order valence-electron chi connectivity index (χ0n) is 3.80. The number of hydrogen-bond donors (Lipinski definition) is 0. The van der Waals surface area contributed by atoms with Gasteiger partial charge in [0.25, 0.3) is 6.47 Å². The van der Waals surface area contributed by atoms with Crippen LogP contribution in [-0.2, 0) is 14.3 Å². The summed E-state index contributed by atoms with van der Waals surface area (Å²) in [6, 6.07) is 0. The summed E-state index contributed by atoms with van der Waals surface area (Å²) in [4.78, 5) is 18.8. The fourth-order valence-corrected chi connectivity index (χ4v) is 0.0962. The zero-order valence-corrected chi connectivity index (χ0v) is 3.80. The molecule has 0 amide bonds. The number of allylic oxidation sites excluding steroid dienone is 1. The monoisotopic (exact) mass is 100 g/mol. The first kappa shape index (κ1) is 5.92. The number of carbonyl (C=O) groups is 1. The molecule has 7 heavy (non-hydrogen) atoms. The second kappa shape index (κ2) is 3.12. The van der Waals surface area contributed by atoms with Gasteiger partial charge in [0.1, 0.15) is 0 Å². The van der Waals surface area contributed by atoms with Crippen LogP contribution < -0.4 is 0 Å². The van der Waals surface area contributed by atoms with E-state index in [1.54, 1.807) is 0 Å². The van der Waals surface area contributed by atoms with Crippen LogP contribution in [0.2, 0.25) is 0 Å². The summed E-state index contributed by atoms with van der Waals surface area (Å²) in [5.74, 6) is 1.33. The van der Waals surface area contributed by atoms with Gasteiger partial charge in [-0.3, -0.25) is 4.79 Å². The molecule has 0 N–H and O–H groups in total. The van der Waals surface area contributed by atoms with Crippen LogP contribution in [0.25, 0.3) is 0 Å². The molecule has 3 heteroatoms. The number of ether oxygens (including phenoxy) is 1. The van der Waals surface area contributed by atoms with Crippen molar-refractivity contribution >= 4 is 12.4 Å². The van der Waals surface area contributed by atoms with Gasteiger partial charge in [0.05, 0.1) is 0 Å². The lowest BCUT2D eigenvalue weighted by molar-refractivity contribution is -0.124. The molecule has 0 aliphatic carbocycles. The van der Waals surface area contributed by atoms with E-state index in [1.807, 2.05) is 0 Å². The number of hydrogen-bond acceptors (Lipinski definition) is 3. The normalized spacial score (nSPS) is 6.43. The van der Waals surface area contributed by atoms with Crippen molar-refractivity contribution in [3.8, 4) is 0 Å². The first-order valence-corrected chi connectivity index (χ1v) is 1.63. The SMILES string of the molecule is CC(=C=O)OC=O. The third kappa shape index (κ3) is 2.73. The lowest BCUT2D eigenvalue weighted by Crippen LogP contribution is -1.82. The second-order valence-electron chi connectivity index (χ2n) is 0.872. The minimum absolute atomic E-state index is 0.0463.